The number of carbonyl (C=O) groups is 3. The Labute approximate surface area is 153 Å². The zero-order valence-electron chi connectivity index (χ0n) is 15.0. The highest BCUT2D eigenvalue weighted by atomic mass is 16.4. The van der Waals surface area contributed by atoms with E-state index in [9.17, 15) is 14.4 Å². The van der Waals surface area contributed by atoms with Gasteiger partial charge in [-0.15, -0.1) is 0 Å². The molecule has 2 amide bonds. The Hall–Kier alpha value is -2.37. The minimum absolute atomic E-state index is 0.0114. The standard InChI is InChI=1S/C20H26N2O4/c23-18(8-5-14-3-1-2-4-14)21-12-19(24)22-10-9-15-6-7-16(20(25)26)11-17(15)13-22/h6-7,11,14H,1-5,8-10,12-13H2,(H,21,23)(H,25,26). The summed E-state index contributed by atoms with van der Waals surface area (Å²) < 4.78 is 0. The minimum Gasteiger partial charge on any atom is -0.478 e. The third-order valence-electron chi connectivity index (χ3n) is 5.51. The maximum Gasteiger partial charge on any atom is 0.335 e. The third kappa shape index (κ3) is 4.62. The number of nitrogens with one attached hydrogen (secondary N) is 1. The summed E-state index contributed by atoms with van der Waals surface area (Å²) in [5.41, 5.74) is 2.19. The molecule has 1 saturated carbocycles. The van der Waals surface area contributed by atoms with Gasteiger partial charge < -0.3 is 15.3 Å². The fourth-order valence-corrected chi connectivity index (χ4v) is 3.91. The Morgan fingerprint density at radius 3 is 2.65 bits per heavy atom. The van der Waals surface area contributed by atoms with Gasteiger partial charge in [0, 0.05) is 19.5 Å². The molecule has 1 aliphatic carbocycles. The maximum absolute atomic E-state index is 12.4. The molecule has 6 heteroatoms. The average molecular weight is 358 g/mol. The lowest BCUT2D eigenvalue weighted by Crippen LogP contribution is -2.42. The second kappa shape index (κ2) is 8.34. The van der Waals surface area contributed by atoms with Crippen molar-refractivity contribution in [1.82, 2.24) is 10.2 Å². The van der Waals surface area contributed by atoms with Gasteiger partial charge in [-0.05, 0) is 42.0 Å². The van der Waals surface area contributed by atoms with Gasteiger partial charge in [0.05, 0.1) is 12.1 Å². The van der Waals surface area contributed by atoms with Gasteiger partial charge in [0.1, 0.15) is 0 Å². The van der Waals surface area contributed by atoms with Gasteiger partial charge in [-0.25, -0.2) is 4.79 Å². The number of carbonyl (C=O) groups excluding carboxylic acids is 2. The van der Waals surface area contributed by atoms with Crippen molar-refractivity contribution in [3.63, 3.8) is 0 Å². The number of amides is 2. The van der Waals surface area contributed by atoms with Crippen LogP contribution < -0.4 is 5.32 Å². The summed E-state index contributed by atoms with van der Waals surface area (Å²) in [4.78, 5) is 37.1. The molecule has 1 aliphatic heterocycles. The van der Waals surface area contributed by atoms with Gasteiger partial charge in [-0.1, -0.05) is 31.7 Å². The molecule has 0 atom stereocenters. The van der Waals surface area contributed by atoms with Crippen molar-refractivity contribution >= 4 is 17.8 Å². The van der Waals surface area contributed by atoms with Crippen molar-refractivity contribution < 1.29 is 19.5 Å². The van der Waals surface area contributed by atoms with E-state index in [0.29, 0.717) is 31.8 Å². The van der Waals surface area contributed by atoms with Crippen molar-refractivity contribution in [2.75, 3.05) is 13.1 Å². The van der Waals surface area contributed by atoms with Gasteiger partial charge in [0.2, 0.25) is 11.8 Å². The molecular formula is C20H26N2O4. The predicted octanol–water partition coefficient (Wildman–Crippen LogP) is 2.36. The van der Waals surface area contributed by atoms with Crippen molar-refractivity contribution in [1.29, 1.82) is 0 Å². The van der Waals surface area contributed by atoms with Crippen LogP contribution in [0.1, 0.15) is 60.0 Å². The number of aromatic carboxylic acids is 1. The second-order valence-electron chi connectivity index (χ2n) is 7.32. The minimum atomic E-state index is -0.967. The van der Waals surface area contributed by atoms with Crippen molar-refractivity contribution in [3.8, 4) is 0 Å². The number of hydrogen-bond acceptors (Lipinski definition) is 3. The first-order valence-electron chi connectivity index (χ1n) is 9.42. The number of carboxylic acid groups (broad SMARTS) is 1. The topological polar surface area (TPSA) is 86.7 Å². The fraction of sp³-hybridized carbons (Fsp3) is 0.550. The van der Waals surface area contributed by atoms with Gasteiger partial charge >= 0.3 is 5.97 Å². The van der Waals surface area contributed by atoms with E-state index in [4.69, 9.17) is 5.11 Å². The van der Waals surface area contributed by atoms with Gasteiger partial charge in [0.25, 0.3) is 0 Å². The van der Waals surface area contributed by atoms with E-state index in [-0.39, 0.29) is 23.9 Å². The summed E-state index contributed by atoms with van der Waals surface area (Å²) >= 11 is 0. The number of carboxylic acids is 1. The quantitative estimate of drug-likeness (QED) is 0.817. The summed E-state index contributed by atoms with van der Waals surface area (Å²) in [6, 6.07) is 5.06. The average Bonchev–Trinajstić information content (AvgIpc) is 3.17. The highest BCUT2D eigenvalue weighted by Crippen LogP contribution is 2.28. The van der Waals surface area contributed by atoms with Gasteiger partial charge in [-0.3, -0.25) is 9.59 Å². The summed E-state index contributed by atoms with van der Waals surface area (Å²) in [5.74, 6) is -0.481. The van der Waals surface area contributed by atoms with E-state index in [0.717, 1.165) is 17.5 Å². The van der Waals surface area contributed by atoms with Crippen LogP contribution in [0.15, 0.2) is 18.2 Å². The molecule has 0 radical (unpaired) electrons. The van der Waals surface area contributed by atoms with Crippen LogP contribution in [0.4, 0.5) is 0 Å². The summed E-state index contributed by atoms with van der Waals surface area (Å²) in [6.07, 6.45) is 7.08. The second-order valence-corrected chi connectivity index (χ2v) is 7.32. The lowest BCUT2D eigenvalue weighted by atomic mass is 9.97. The first-order chi connectivity index (χ1) is 12.5. The van der Waals surface area contributed by atoms with E-state index in [1.165, 1.54) is 25.7 Å². The molecule has 1 aromatic carbocycles. The number of nitrogens with zero attached hydrogens (tertiary/aromatic N) is 1. The Balaban J connectivity index is 1.47. The lowest BCUT2D eigenvalue weighted by Gasteiger charge is -2.29. The normalized spacial score (nSPS) is 17.0. The third-order valence-corrected chi connectivity index (χ3v) is 5.51. The molecule has 6 nitrogen and oxygen atoms in total. The molecule has 0 spiro atoms. The lowest BCUT2D eigenvalue weighted by molar-refractivity contribution is -0.133. The smallest absolute Gasteiger partial charge is 0.335 e. The summed E-state index contributed by atoms with van der Waals surface area (Å²) in [6.45, 7) is 1.00. The van der Waals surface area contributed by atoms with E-state index in [1.807, 2.05) is 6.07 Å². The van der Waals surface area contributed by atoms with Crippen molar-refractivity contribution in [3.05, 3.63) is 34.9 Å². The molecule has 2 N–H and O–H groups in total. The first kappa shape index (κ1) is 18.4. The Bertz CT molecular complexity index is 695. The van der Waals surface area contributed by atoms with Gasteiger partial charge in [0.15, 0.2) is 0 Å². The first-order valence-corrected chi connectivity index (χ1v) is 9.42. The molecule has 1 fully saturated rings. The molecule has 2 aliphatic rings. The fourth-order valence-electron chi connectivity index (χ4n) is 3.91. The maximum atomic E-state index is 12.4. The molecule has 1 heterocycles. The van der Waals surface area contributed by atoms with Crippen molar-refractivity contribution in [2.45, 2.75) is 51.5 Å². The molecule has 0 aromatic heterocycles. The Morgan fingerprint density at radius 1 is 1.15 bits per heavy atom. The van der Waals surface area contributed by atoms with Crippen LogP contribution in [0, 0.1) is 5.92 Å². The monoisotopic (exact) mass is 358 g/mol. The largest absolute Gasteiger partial charge is 0.478 e. The van der Waals surface area contributed by atoms with E-state index < -0.39 is 5.97 Å². The van der Waals surface area contributed by atoms with Crippen LogP contribution in [-0.4, -0.2) is 40.9 Å². The Morgan fingerprint density at radius 2 is 1.92 bits per heavy atom. The number of fused-ring (bicyclic) bond motifs is 1. The predicted molar refractivity (Wildman–Crippen MR) is 96.7 cm³/mol. The molecular weight excluding hydrogens is 332 g/mol. The van der Waals surface area contributed by atoms with Crippen LogP contribution in [-0.2, 0) is 22.6 Å². The SMILES string of the molecule is O=C(CCC1CCCC1)NCC(=O)N1CCc2ccc(C(=O)O)cc2C1. The molecule has 26 heavy (non-hydrogen) atoms. The number of hydrogen-bond donors (Lipinski definition) is 2. The van der Waals surface area contributed by atoms with E-state index in [1.54, 1.807) is 17.0 Å². The van der Waals surface area contributed by atoms with Crippen molar-refractivity contribution in [2.24, 2.45) is 5.92 Å². The van der Waals surface area contributed by atoms with Crippen LogP contribution in [0.5, 0.6) is 0 Å². The highest BCUT2D eigenvalue weighted by Gasteiger charge is 2.22. The summed E-state index contributed by atoms with van der Waals surface area (Å²) in [5, 5.41) is 11.8. The zero-order chi connectivity index (χ0) is 18.5. The number of benzene rings is 1. The molecule has 1 aromatic rings. The van der Waals surface area contributed by atoms with Crippen LogP contribution in [0.3, 0.4) is 0 Å². The molecule has 3 rings (SSSR count). The van der Waals surface area contributed by atoms with E-state index >= 15 is 0 Å². The van der Waals surface area contributed by atoms with E-state index in [2.05, 4.69) is 5.32 Å². The van der Waals surface area contributed by atoms with Crippen LogP contribution in [0.25, 0.3) is 0 Å². The van der Waals surface area contributed by atoms with Crippen LogP contribution >= 0.6 is 0 Å². The molecule has 140 valence electrons. The Kier molecular flexibility index (Phi) is 5.91. The molecule has 0 unspecified atom stereocenters. The van der Waals surface area contributed by atoms with Gasteiger partial charge in [-0.2, -0.15) is 0 Å². The number of rotatable bonds is 6. The molecule has 0 bridgehead atoms. The molecule has 0 saturated heterocycles. The zero-order valence-corrected chi connectivity index (χ0v) is 15.0. The highest BCUT2D eigenvalue weighted by molar-refractivity contribution is 5.88. The summed E-state index contributed by atoms with van der Waals surface area (Å²) in [7, 11) is 0. The van der Waals surface area contributed by atoms with Crippen LogP contribution in [0.2, 0.25) is 0 Å².